The van der Waals surface area contributed by atoms with Crippen LogP contribution in [-0.2, 0) is 0 Å². The number of nitrogens with one attached hydrogen (secondary N) is 1. The van der Waals surface area contributed by atoms with Gasteiger partial charge in [0.15, 0.2) is 0 Å². The molecule has 2 aromatic rings. The van der Waals surface area contributed by atoms with Crippen LogP contribution in [0, 0.1) is 5.41 Å². The molecule has 1 aliphatic rings. The molecule has 0 spiro atoms. The van der Waals surface area contributed by atoms with Crippen molar-refractivity contribution in [2.75, 3.05) is 5.32 Å². The van der Waals surface area contributed by atoms with Gasteiger partial charge in [-0.05, 0) is 30.4 Å². The fourth-order valence-electron chi connectivity index (χ4n) is 3.11. The lowest BCUT2D eigenvalue weighted by Crippen LogP contribution is -2.42. The molecule has 112 valence electrons. The van der Waals surface area contributed by atoms with E-state index in [4.69, 9.17) is 11.5 Å². The zero-order valence-corrected chi connectivity index (χ0v) is 12.3. The molecule has 6 nitrogen and oxygen atoms in total. The molecule has 6 heteroatoms. The van der Waals surface area contributed by atoms with Crippen LogP contribution in [-0.4, -0.2) is 27.6 Å². The van der Waals surface area contributed by atoms with Gasteiger partial charge in [-0.2, -0.15) is 5.10 Å². The number of primary amides is 1. The molecule has 1 fully saturated rings. The standard InChI is InChI=1S/C15H21N5O/c1-15(2)11(16)5-6-12(15)19-13-9(14(17)21)8-18-20-7-3-4-10(13)20/h3-4,7-8,11-12,19H,5-6,16H2,1-2H3,(H2,17,21)/t11-,12-/m0/s1. The summed E-state index contributed by atoms with van der Waals surface area (Å²) in [5.41, 5.74) is 13.7. The minimum atomic E-state index is -0.478. The summed E-state index contributed by atoms with van der Waals surface area (Å²) < 4.78 is 1.73. The van der Waals surface area contributed by atoms with Crippen LogP contribution < -0.4 is 16.8 Å². The number of carbonyl (C=O) groups excluding carboxylic acids is 1. The molecular weight excluding hydrogens is 266 g/mol. The molecule has 0 unspecified atom stereocenters. The van der Waals surface area contributed by atoms with E-state index in [2.05, 4.69) is 24.3 Å². The molecule has 5 N–H and O–H groups in total. The Morgan fingerprint density at radius 2 is 2.24 bits per heavy atom. The Balaban J connectivity index is 2.05. The van der Waals surface area contributed by atoms with Crippen molar-refractivity contribution in [1.82, 2.24) is 9.61 Å². The summed E-state index contributed by atoms with van der Waals surface area (Å²) in [4.78, 5) is 11.7. The van der Waals surface area contributed by atoms with E-state index >= 15 is 0 Å². The van der Waals surface area contributed by atoms with Crippen molar-refractivity contribution in [2.45, 2.75) is 38.8 Å². The average Bonchev–Trinajstić information content (AvgIpc) is 2.98. The van der Waals surface area contributed by atoms with E-state index in [0.29, 0.717) is 5.56 Å². The Hall–Kier alpha value is -2.08. The number of amides is 1. The molecule has 0 radical (unpaired) electrons. The van der Waals surface area contributed by atoms with Crippen LogP contribution >= 0.6 is 0 Å². The molecule has 2 atom stereocenters. The number of anilines is 1. The lowest BCUT2D eigenvalue weighted by atomic mass is 9.84. The van der Waals surface area contributed by atoms with Crippen molar-refractivity contribution in [3.8, 4) is 0 Å². The van der Waals surface area contributed by atoms with E-state index in [0.717, 1.165) is 24.0 Å². The number of hydrogen-bond acceptors (Lipinski definition) is 4. The molecule has 0 aromatic carbocycles. The predicted octanol–water partition coefficient (Wildman–Crippen LogP) is 1.36. The summed E-state index contributed by atoms with van der Waals surface area (Å²) >= 11 is 0. The molecule has 1 amide bonds. The maximum atomic E-state index is 11.7. The van der Waals surface area contributed by atoms with E-state index in [9.17, 15) is 4.79 Å². The lowest BCUT2D eigenvalue weighted by Gasteiger charge is -2.32. The van der Waals surface area contributed by atoms with Gasteiger partial charge in [-0.1, -0.05) is 13.8 Å². The van der Waals surface area contributed by atoms with E-state index < -0.39 is 5.91 Å². The van der Waals surface area contributed by atoms with Gasteiger partial charge in [0, 0.05) is 18.3 Å². The van der Waals surface area contributed by atoms with Crippen LogP contribution in [0.5, 0.6) is 0 Å². The number of nitrogens with two attached hydrogens (primary N) is 2. The highest BCUT2D eigenvalue weighted by Gasteiger charge is 2.41. The Morgan fingerprint density at radius 1 is 1.48 bits per heavy atom. The third-order valence-electron chi connectivity index (χ3n) is 4.77. The SMILES string of the molecule is CC1(C)[C@@H](Nc2c(C(N)=O)cnn3cccc23)CC[C@@H]1N. The topological polar surface area (TPSA) is 98.4 Å². The number of rotatable bonds is 3. The zero-order chi connectivity index (χ0) is 15.2. The quantitative estimate of drug-likeness (QED) is 0.793. The highest BCUT2D eigenvalue weighted by molar-refractivity contribution is 6.01. The van der Waals surface area contributed by atoms with Gasteiger partial charge in [0.2, 0.25) is 0 Å². The van der Waals surface area contributed by atoms with Crippen molar-refractivity contribution in [3.63, 3.8) is 0 Å². The smallest absolute Gasteiger partial charge is 0.252 e. The highest BCUT2D eigenvalue weighted by atomic mass is 16.1. The summed E-state index contributed by atoms with van der Waals surface area (Å²) in [5.74, 6) is -0.478. The molecule has 2 aromatic heterocycles. The van der Waals surface area contributed by atoms with Gasteiger partial charge in [-0.15, -0.1) is 0 Å². The molecule has 0 saturated heterocycles. The summed E-state index contributed by atoms with van der Waals surface area (Å²) in [7, 11) is 0. The molecule has 1 saturated carbocycles. The lowest BCUT2D eigenvalue weighted by molar-refractivity contribution is 0.100. The van der Waals surface area contributed by atoms with Crippen molar-refractivity contribution in [3.05, 3.63) is 30.1 Å². The number of aromatic nitrogens is 2. The second kappa shape index (κ2) is 4.73. The number of hydrogen-bond donors (Lipinski definition) is 3. The molecule has 21 heavy (non-hydrogen) atoms. The molecule has 0 bridgehead atoms. The minimum absolute atomic E-state index is 0.0399. The average molecular weight is 287 g/mol. The summed E-state index contributed by atoms with van der Waals surface area (Å²) in [6.45, 7) is 4.31. The first-order valence-electron chi connectivity index (χ1n) is 7.19. The fraction of sp³-hybridized carbons (Fsp3) is 0.467. The highest BCUT2D eigenvalue weighted by Crippen LogP contribution is 2.39. The monoisotopic (exact) mass is 287 g/mol. The first kappa shape index (κ1) is 13.9. The van der Waals surface area contributed by atoms with E-state index in [1.165, 1.54) is 6.20 Å². The first-order valence-corrected chi connectivity index (χ1v) is 7.19. The van der Waals surface area contributed by atoms with Crippen molar-refractivity contribution < 1.29 is 4.79 Å². The van der Waals surface area contributed by atoms with Gasteiger partial charge in [0.25, 0.3) is 5.91 Å². The van der Waals surface area contributed by atoms with Crippen LogP contribution in [0.2, 0.25) is 0 Å². The van der Waals surface area contributed by atoms with Crippen molar-refractivity contribution >= 4 is 17.1 Å². The molecule has 3 rings (SSSR count). The van der Waals surface area contributed by atoms with Crippen molar-refractivity contribution in [1.29, 1.82) is 0 Å². The third-order valence-corrected chi connectivity index (χ3v) is 4.77. The summed E-state index contributed by atoms with van der Waals surface area (Å²) in [6.07, 6.45) is 5.30. The van der Waals surface area contributed by atoms with E-state index in [1.54, 1.807) is 4.52 Å². The second-order valence-corrected chi connectivity index (χ2v) is 6.34. The molecule has 2 heterocycles. The van der Waals surface area contributed by atoms with E-state index in [-0.39, 0.29) is 17.5 Å². The molecule has 1 aliphatic carbocycles. The van der Waals surface area contributed by atoms with Crippen LogP contribution in [0.15, 0.2) is 24.5 Å². The predicted molar refractivity (Wildman–Crippen MR) is 82.1 cm³/mol. The Morgan fingerprint density at radius 3 is 2.86 bits per heavy atom. The summed E-state index contributed by atoms with van der Waals surface area (Å²) in [5, 5.41) is 7.70. The maximum Gasteiger partial charge on any atom is 0.252 e. The van der Waals surface area contributed by atoms with Gasteiger partial charge in [0.05, 0.1) is 23.0 Å². The largest absolute Gasteiger partial charge is 0.379 e. The maximum absolute atomic E-state index is 11.7. The normalized spacial score (nSPS) is 24.3. The van der Waals surface area contributed by atoms with Gasteiger partial charge < -0.3 is 16.8 Å². The van der Waals surface area contributed by atoms with Gasteiger partial charge in [0.1, 0.15) is 0 Å². The molecular formula is C15H21N5O. The van der Waals surface area contributed by atoms with Crippen molar-refractivity contribution in [2.24, 2.45) is 16.9 Å². The number of nitrogens with zero attached hydrogens (tertiary/aromatic N) is 2. The minimum Gasteiger partial charge on any atom is -0.379 e. The Bertz CT molecular complexity index is 690. The van der Waals surface area contributed by atoms with Crippen LogP contribution in [0.25, 0.3) is 5.52 Å². The van der Waals surface area contributed by atoms with Crippen LogP contribution in [0.3, 0.4) is 0 Å². The van der Waals surface area contributed by atoms with Gasteiger partial charge >= 0.3 is 0 Å². The Labute approximate surface area is 123 Å². The summed E-state index contributed by atoms with van der Waals surface area (Å²) in [6, 6.07) is 4.16. The van der Waals surface area contributed by atoms with Crippen LogP contribution in [0.4, 0.5) is 5.69 Å². The van der Waals surface area contributed by atoms with Gasteiger partial charge in [-0.25, -0.2) is 4.52 Å². The fourth-order valence-corrected chi connectivity index (χ4v) is 3.11. The number of fused-ring (bicyclic) bond motifs is 1. The zero-order valence-electron chi connectivity index (χ0n) is 12.3. The second-order valence-electron chi connectivity index (χ2n) is 6.34. The van der Waals surface area contributed by atoms with E-state index in [1.807, 2.05) is 18.3 Å². The number of carbonyl (C=O) groups is 1. The Kier molecular flexibility index (Phi) is 3.13. The molecule has 0 aliphatic heterocycles. The van der Waals surface area contributed by atoms with Crippen LogP contribution in [0.1, 0.15) is 37.0 Å². The van der Waals surface area contributed by atoms with Gasteiger partial charge in [-0.3, -0.25) is 4.79 Å². The third kappa shape index (κ3) is 2.15. The first-order chi connectivity index (χ1) is 9.91.